The molecule has 2 N–H and O–H groups in total. The lowest BCUT2D eigenvalue weighted by molar-refractivity contribution is 0.415. The summed E-state index contributed by atoms with van der Waals surface area (Å²) in [5.74, 6) is 1.82. The topological polar surface area (TPSA) is 61.0 Å². The number of nitrogens with two attached hydrogens (primary N) is 1. The second-order valence-corrected chi connectivity index (χ2v) is 6.45. The number of hydrogen-bond donors (Lipinski definition) is 1. The normalized spacial score (nSPS) is 11.4. The minimum absolute atomic E-state index is 0.0862. The predicted molar refractivity (Wildman–Crippen MR) is 84.8 cm³/mol. The molecule has 0 aliphatic rings. The summed E-state index contributed by atoms with van der Waals surface area (Å²) >= 11 is 3.52. The molecule has 106 valence electrons. The van der Waals surface area contributed by atoms with Gasteiger partial charge in [0.25, 0.3) is 0 Å². The molecule has 0 saturated carbocycles. The standard InChI is InChI=1S/C15H18BrN3O/c1-15(2,3)12-8-13(17)19-14(18-12)10-7-9(20-4)5-6-11(10)16/h5-8H,1-4H3,(H2,17,18,19). The van der Waals surface area contributed by atoms with Gasteiger partial charge in [-0.15, -0.1) is 0 Å². The Morgan fingerprint density at radius 3 is 2.45 bits per heavy atom. The van der Waals surface area contributed by atoms with E-state index in [4.69, 9.17) is 10.5 Å². The van der Waals surface area contributed by atoms with Crippen LogP contribution in [0.4, 0.5) is 5.82 Å². The Morgan fingerprint density at radius 2 is 1.85 bits per heavy atom. The number of nitrogens with zero attached hydrogens (tertiary/aromatic N) is 2. The molecule has 0 unspecified atom stereocenters. The number of aromatic nitrogens is 2. The van der Waals surface area contributed by atoms with Gasteiger partial charge < -0.3 is 10.5 Å². The maximum absolute atomic E-state index is 5.92. The minimum Gasteiger partial charge on any atom is -0.497 e. The quantitative estimate of drug-likeness (QED) is 0.906. The summed E-state index contributed by atoms with van der Waals surface area (Å²) in [4.78, 5) is 8.97. The molecule has 0 bridgehead atoms. The highest BCUT2D eigenvalue weighted by molar-refractivity contribution is 9.10. The fraction of sp³-hybridized carbons (Fsp3) is 0.333. The van der Waals surface area contributed by atoms with Gasteiger partial charge in [-0.05, 0) is 18.2 Å². The van der Waals surface area contributed by atoms with Crippen LogP contribution in [0.2, 0.25) is 0 Å². The van der Waals surface area contributed by atoms with E-state index in [1.807, 2.05) is 24.3 Å². The van der Waals surface area contributed by atoms with E-state index in [-0.39, 0.29) is 5.41 Å². The molecule has 5 heteroatoms. The molecular formula is C15H18BrN3O. The van der Waals surface area contributed by atoms with E-state index in [9.17, 15) is 0 Å². The Morgan fingerprint density at radius 1 is 1.15 bits per heavy atom. The van der Waals surface area contributed by atoms with Crippen molar-refractivity contribution in [2.24, 2.45) is 0 Å². The third-order valence-electron chi connectivity index (χ3n) is 2.93. The number of halogens is 1. The Bertz CT molecular complexity index is 636. The van der Waals surface area contributed by atoms with Crippen LogP contribution in [0.1, 0.15) is 26.5 Å². The second kappa shape index (κ2) is 5.40. The van der Waals surface area contributed by atoms with Crippen LogP contribution in [0.3, 0.4) is 0 Å². The molecule has 1 aromatic carbocycles. The van der Waals surface area contributed by atoms with E-state index in [0.29, 0.717) is 11.6 Å². The number of methoxy groups -OCH3 is 1. The van der Waals surface area contributed by atoms with Gasteiger partial charge in [0.2, 0.25) is 0 Å². The molecule has 1 heterocycles. The van der Waals surface area contributed by atoms with Crippen LogP contribution in [0.25, 0.3) is 11.4 Å². The first kappa shape index (κ1) is 14.8. The van der Waals surface area contributed by atoms with Crippen LogP contribution in [0.15, 0.2) is 28.7 Å². The summed E-state index contributed by atoms with van der Waals surface area (Å²) in [6.07, 6.45) is 0. The monoisotopic (exact) mass is 335 g/mol. The molecule has 1 aromatic heterocycles. The van der Waals surface area contributed by atoms with E-state index < -0.39 is 0 Å². The van der Waals surface area contributed by atoms with E-state index in [0.717, 1.165) is 21.5 Å². The minimum atomic E-state index is -0.0862. The van der Waals surface area contributed by atoms with Crippen LogP contribution in [-0.2, 0) is 5.41 Å². The van der Waals surface area contributed by atoms with Crippen molar-refractivity contribution in [2.75, 3.05) is 12.8 Å². The van der Waals surface area contributed by atoms with Crippen molar-refractivity contribution in [3.8, 4) is 17.1 Å². The molecule has 0 spiro atoms. The first-order chi connectivity index (χ1) is 9.31. The molecule has 0 amide bonds. The van der Waals surface area contributed by atoms with Gasteiger partial charge >= 0.3 is 0 Å². The lowest BCUT2D eigenvalue weighted by Gasteiger charge is -2.19. The van der Waals surface area contributed by atoms with Gasteiger partial charge in [-0.2, -0.15) is 0 Å². The summed E-state index contributed by atoms with van der Waals surface area (Å²) in [6.45, 7) is 6.29. The summed E-state index contributed by atoms with van der Waals surface area (Å²) in [5, 5.41) is 0. The first-order valence-electron chi connectivity index (χ1n) is 6.30. The van der Waals surface area contributed by atoms with Crippen molar-refractivity contribution < 1.29 is 4.74 Å². The fourth-order valence-electron chi connectivity index (χ4n) is 1.77. The van der Waals surface area contributed by atoms with Crippen molar-refractivity contribution >= 4 is 21.7 Å². The maximum atomic E-state index is 5.92. The van der Waals surface area contributed by atoms with E-state index in [1.54, 1.807) is 7.11 Å². The van der Waals surface area contributed by atoms with E-state index in [1.165, 1.54) is 0 Å². The summed E-state index contributed by atoms with van der Waals surface area (Å²) < 4.78 is 6.16. The van der Waals surface area contributed by atoms with Crippen LogP contribution in [0, 0.1) is 0 Å². The summed E-state index contributed by atoms with van der Waals surface area (Å²) in [5.41, 5.74) is 7.61. The predicted octanol–water partition coefficient (Wildman–Crippen LogP) is 3.79. The average Bonchev–Trinajstić information content (AvgIpc) is 2.37. The lowest BCUT2D eigenvalue weighted by Crippen LogP contribution is -2.15. The summed E-state index contributed by atoms with van der Waals surface area (Å²) in [7, 11) is 1.63. The van der Waals surface area contributed by atoms with Crippen LogP contribution >= 0.6 is 15.9 Å². The third-order valence-corrected chi connectivity index (χ3v) is 3.62. The zero-order chi connectivity index (χ0) is 14.9. The number of hydrogen-bond acceptors (Lipinski definition) is 4. The molecule has 0 atom stereocenters. The van der Waals surface area contributed by atoms with Crippen LogP contribution < -0.4 is 10.5 Å². The van der Waals surface area contributed by atoms with Crippen molar-refractivity contribution in [3.63, 3.8) is 0 Å². The number of nitrogen functional groups attached to an aromatic ring is 1. The Balaban J connectivity index is 2.61. The first-order valence-corrected chi connectivity index (χ1v) is 7.09. The lowest BCUT2D eigenvalue weighted by atomic mass is 9.92. The van der Waals surface area contributed by atoms with Crippen molar-refractivity contribution in [3.05, 3.63) is 34.4 Å². The van der Waals surface area contributed by atoms with Gasteiger partial charge in [-0.25, -0.2) is 9.97 Å². The molecular weight excluding hydrogens is 318 g/mol. The molecule has 2 rings (SSSR count). The fourth-order valence-corrected chi connectivity index (χ4v) is 2.20. The molecule has 0 aliphatic heterocycles. The van der Waals surface area contributed by atoms with Crippen molar-refractivity contribution in [1.82, 2.24) is 9.97 Å². The molecule has 0 aliphatic carbocycles. The maximum Gasteiger partial charge on any atom is 0.163 e. The molecule has 4 nitrogen and oxygen atoms in total. The van der Waals surface area contributed by atoms with Crippen molar-refractivity contribution in [2.45, 2.75) is 26.2 Å². The number of ether oxygens (including phenoxy) is 1. The van der Waals surface area contributed by atoms with Crippen molar-refractivity contribution in [1.29, 1.82) is 0 Å². The molecule has 20 heavy (non-hydrogen) atoms. The Kier molecular flexibility index (Phi) is 3.99. The highest BCUT2D eigenvalue weighted by atomic mass is 79.9. The highest BCUT2D eigenvalue weighted by Gasteiger charge is 2.19. The number of benzene rings is 1. The van der Waals surface area contributed by atoms with Gasteiger partial charge in [-0.1, -0.05) is 36.7 Å². The average molecular weight is 336 g/mol. The molecule has 2 aromatic rings. The third kappa shape index (κ3) is 3.10. The second-order valence-electron chi connectivity index (χ2n) is 5.60. The van der Waals surface area contributed by atoms with E-state index >= 15 is 0 Å². The van der Waals surface area contributed by atoms with Gasteiger partial charge in [-0.3, -0.25) is 0 Å². The van der Waals surface area contributed by atoms with Gasteiger partial charge in [0.05, 0.1) is 12.8 Å². The highest BCUT2D eigenvalue weighted by Crippen LogP contribution is 2.31. The SMILES string of the molecule is COc1ccc(Br)c(-c2nc(N)cc(C(C)(C)C)n2)c1. The van der Waals surface area contributed by atoms with Gasteiger partial charge in [0.15, 0.2) is 5.82 Å². The molecule has 0 saturated heterocycles. The van der Waals surface area contributed by atoms with Gasteiger partial charge in [0, 0.05) is 21.5 Å². The zero-order valence-corrected chi connectivity index (χ0v) is 13.7. The van der Waals surface area contributed by atoms with Crippen LogP contribution in [0.5, 0.6) is 5.75 Å². The van der Waals surface area contributed by atoms with Crippen LogP contribution in [-0.4, -0.2) is 17.1 Å². The summed E-state index contributed by atoms with van der Waals surface area (Å²) in [6, 6.07) is 7.50. The van der Waals surface area contributed by atoms with Gasteiger partial charge in [0.1, 0.15) is 11.6 Å². The number of anilines is 1. The smallest absolute Gasteiger partial charge is 0.163 e. The molecule has 0 radical (unpaired) electrons. The molecule has 0 fully saturated rings. The van der Waals surface area contributed by atoms with E-state index in [2.05, 4.69) is 46.7 Å². The Labute approximate surface area is 127 Å². The zero-order valence-electron chi connectivity index (χ0n) is 12.1. The largest absolute Gasteiger partial charge is 0.497 e. The Hall–Kier alpha value is -1.62. The number of rotatable bonds is 2.